The van der Waals surface area contributed by atoms with Crippen LogP contribution in [0, 0.1) is 11.8 Å². The lowest BCUT2D eigenvalue weighted by Crippen LogP contribution is -2.49. The summed E-state index contributed by atoms with van der Waals surface area (Å²) in [6.07, 6.45) is 0.617. The van der Waals surface area contributed by atoms with Gasteiger partial charge in [0.1, 0.15) is 5.01 Å². The number of carbonyl (C=O) groups is 2. The molecule has 0 bridgehead atoms. The Bertz CT molecular complexity index is 747. The van der Waals surface area contributed by atoms with Crippen LogP contribution in [0.2, 0.25) is 0 Å². The lowest BCUT2D eigenvalue weighted by atomic mass is 9.91. The Morgan fingerprint density at radius 1 is 1.32 bits per heavy atom. The molecular formula is C18H21N3O3S. The molecule has 1 aromatic heterocycles. The zero-order valence-electron chi connectivity index (χ0n) is 14.0. The van der Waals surface area contributed by atoms with Gasteiger partial charge in [-0.25, -0.2) is 9.78 Å². The van der Waals surface area contributed by atoms with Crippen molar-refractivity contribution < 1.29 is 14.7 Å². The molecule has 6 nitrogen and oxygen atoms in total. The van der Waals surface area contributed by atoms with Gasteiger partial charge in [0.2, 0.25) is 0 Å². The van der Waals surface area contributed by atoms with E-state index in [2.05, 4.69) is 10.3 Å². The highest BCUT2D eigenvalue weighted by molar-refractivity contribution is 7.13. The van der Waals surface area contributed by atoms with E-state index in [0.717, 1.165) is 16.3 Å². The van der Waals surface area contributed by atoms with Gasteiger partial charge in [-0.3, -0.25) is 4.79 Å². The van der Waals surface area contributed by atoms with E-state index >= 15 is 0 Å². The fourth-order valence-electron chi connectivity index (χ4n) is 3.08. The highest BCUT2D eigenvalue weighted by Gasteiger charge is 2.31. The molecule has 2 heterocycles. The van der Waals surface area contributed by atoms with Crippen molar-refractivity contribution in [3.63, 3.8) is 0 Å². The number of urea groups is 1. The van der Waals surface area contributed by atoms with Crippen molar-refractivity contribution >= 4 is 23.3 Å². The first-order valence-electron chi connectivity index (χ1n) is 8.28. The Balaban J connectivity index is 1.57. The Morgan fingerprint density at radius 2 is 2.08 bits per heavy atom. The zero-order valence-corrected chi connectivity index (χ0v) is 14.8. The quantitative estimate of drug-likeness (QED) is 0.879. The molecule has 3 rings (SSSR count). The average molecular weight is 359 g/mol. The second-order valence-corrected chi connectivity index (χ2v) is 7.31. The van der Waals surface area contributed by atoms with Gasteiger partial charge in [-0.15, -0.1) is 11.3 Å². The Morgan fingerprint density at radius 3 is 2.80 bits per heavy atom. The van der Waals surface area contributed by atoms with Gasteiger partial charge in [-0.2, -0.15) is 0 Å². The van der Waals surface area contributed by atoms with E-state index < -0.39 is 11.9 Å². The van der Waals surface area contributed by atoms with Gasteiger partial charge in [0.25, 0.3) is 0 Å². The molecule has 1 aromatic carbocycles. The fourth-order valence-corrected chi connectivity index (χ4v) is 3.90. The molecule has 2 unspecified atom stereocenters. The third kappa shape index (κ3) is 4.36. The molecule has 0 radical (unpaired) electrons. The van der Waals surface area contributed by atoms with Crippen LogP contribution in [0.1, 0.15) is 19.0 Å². The van der Waals surface area contributed by atoms with Crippen molar-refractivity contribution in [1.82, 2.24) is 15.2 Å². The van der Waals surface area contributed by atoms with Gasteiger partial charge < -0.3 is 15.3 Å². The predicted octanol–water partition coefficient (Wildman–Crippen LogP) is 3.06. The standard InChI is InChI=1S/C18H21N3O3S/c1-12-7-14(17(22)23)10-21(9-12)18(24)19-8-15-11-25-16(20-15)13-5-3-2-4-6-13/h2-6,11-12,14H,7-10H2,1H3,(H,19,24)(H,22,23). The minimum atomic E-state index is -0.837. The second kappa shape index (κ2) is 7.65. The molecule has 0 spiro atoms. The van der Waals surface area contributed by atoms with Gasteiger partial charge in [-0.1, -0.05) is 37.3 Å². The number of aromatic nitrogens is 1. The number of likely N-dealkylation sites (tertiary alicyclic amines) is 1. The van der Waals surface area contributed by atoms with Crippen LogP contribution in [0.5, 0.6) is 0 Å². The van der Waals surface area contributed by atoms with Crippen LogP contribution >= 0.6 is 11.3 Å². The van der Waals surface area contributed by atoms with E-state index in [1.54, 1.807) is 16.2 Å². The summed E-state index contributed by atoms with van der Waals surface area (Å²) in [5, 5.41) is 14.9. The van der Waals surface area contributed by atoms with Gasteiger partial charge in [0.05, 0.1) is 18.2 Å². The van der Waals surface area contributed by atoms with Crippen LogP contribution in [0.15, 0.2) is 35.7 Å². The number of nitrogens with zero attached hydrogens (tertiary/aromatic N) is 2. The molecule has 132 valence electrons. The predicted molar refractivity (Wildman–Crippen MR) is 96.3 cm³/mol. The lowest BCUT2D eigenvalue weighted by molar-refractivity contribution is -0.143. The van der Waals surface area contributed by atoms with E-state index in [4.69, 9.17) is 0 Å². The number of rotatable bonds is 4. The third-order valence-electron chi connectivity index (χ3n) is 4.29. The molecule has 1 aliphatic rings. The van der Waals surface area contributed by atoms with E-state index in [0.29, 0.717) is 19.5 Å². The first-order valence-corrected chi connectivity index (χ1v) is 9.16. The average Bonchev–Trinajstić information content (AvgIpc) is 3.09. The molecule has 2 aromatic rings. The van der Waals surface area contributed by atoms with Crippen LogP contribution in [0.3, 0.4) is 0 Å². The first-order chi connectivity index (χ1) is 12.0. The Hall–Kier alpha value is -2.41. The van der Waals surface area contributed by atoms with Crippen LogP contribution in [0.25, 0.3) is 10.6 Å². The Kier molecular flexibility index (Phi) is 5.33. The van der Waals surface area contributed by atoms with Crippen molar-refractivity contribution in [3.05, 3.63) is 41.4 Å². The van der Waals surface area contributed by atoms with E-state index in [-0.39, 0.29) is 18.5 Å². The number of hydrogen-bond acceptors (Lipinski definition) is 4. The van der Waals surface area contributed by atoms with Crippen molar-refractivity contribution in [2.45, 2.75) is 19.9 Å². The third-order valence-corrected chi connectivity index (χ3v) is 5.23. The van der Waals surface area contributed by atoms with Crippen molar-refractivity contribution in [1.29, 1.82) is 0 Å². The molecular weight excluding hydrogens is 338 g/mol. The van der Waals surface area contributed by atoms with Crippen molar-refractivity contribution in [2.75, 3.05) is 13.1 Å². The van der Waals surface area contributed by atoms with Gasteiger partial charge in [0, 0.05) is 24.0 Å². The van der Waals surface area contributed by atoms with Gasteiger partial charge >= 0.3 is 12.0 Å². The number of aliphatic carboxylic acids is 1. The number of carbonyl (C=O) groups excluding carboxylic acids is 1. The molecule has 1 aliphatic heterocycles. The molecule has 0 aliphatic carbocycles. The largest absolute Gasteiger partial charge is 0.481 e. The van der Waals surface area contributed by atoms with Crippen molar-refractivity contribution in [2.24, 2.45) is 11.8 Å². The highest BCUT2D eigenvalue weighted by Crippen LogP contribution is 2.24. The summed E-state index contributed by atoms with van der Waals surface area (Å²) in [5.41, 5.74) is 1.86. The van der Waals surface area contributed by atoms with Crippen LogP contribution in [-0.4, -0.2) is 40.1 Å². The maximum absolute atomic E-state index is 12.4. The number of thiazole rings is 1. The number of carboxylic acids is 1. The molecule has 25 heavy (non-hydrogen) atoms. The summed E-state index contributed by atoms with van der Waals surface area (Å²) < 4.78 is 0. The fraction of sp³-hybridized carbons (Fsp3) is 0.389. The maximum Gasteiger partial charge on any atom is 0.317 e. The number of carboxylic acid groups (broad SMARTS) is 1. The van der Waals surface area contributed by atoms with Crippen molar-refractivity contribution in [3.8, 4) is 10.6 Å². The summed E-state index contributed by atoms with van der Waals surface area (Å²) in [7, 11) is 0. The topological polar surface area (TPSA) is 82.5 Å². The molecule has 2 amide bonds. The zero-order chi connectivity index (χ0) is 17.8. The van der Waals surface area contributed by atoms with E-state index in [9.17, 15) is 14.7 Å². The van der Waals surface area contributed by atoms with Crippen LogP contribution in [0.4, 0.5) is 4.79 Å². The first kappa shape index (κ1) is 17.4. The molecule has 1 fully saturated rings. The minimum absolute atomic E-state index is 0.185. The second-order valence-electron chi connectivity index (χ2n) is 6.45. The maximum atomic E-state index is 12.4. The van der Waals surface area contributed by atoms with E-state index in [1.807, 2.05) is 42.6 Å². The molecule has 2 N–H and O–H groups in total. The molecule has 1 saturated heterocycles. The minimum Gasteiger partial charge on any atom is -0.481 e. The lowest BCUT2D eigenvalue weighted by Gasteiger charge is -2.34. The normalized spacial score (nSPS) is 20.3. The Labute approximate surface area is 150 Å². The number of piperidine rings is 1. The van der Waals surface area contributed by atoms with Gasteiger partial charge in [0.15, 0.2) is 0 Å². The molecule has 7 heteroatoms. The molecule has 0 saturated carbocycles. The monoisotopic (exact) mass is 359 g/mol. The van der Waals surface area contributed by atoms with Crippen LogP contribution < -0.4 is 5.32 Å². The summed E-state index contributed by atoms with van der Waals surface area (Å²) in [5.74, 6) is -1.14. The number of amides is 2. The summed E-state index contributed by atoms with van der Waals surface area (Å²) in [6, 6.07) is 9.67. The highest BCUT2D eigenvalue weighted by atomic mass is 32.1. The number of nitrogens with one attached hydrogen (secondary N) is 1. The van der Waals surface area contributed by atoms with Gasteiger partial charge in [-0.05, 0) is 12.3 Å². The summed E-state index contributed by atoms with van der Waals surface area (Å²) >= 11 is 1.54. The SMILES string of the molecule is CC1CC(C(=O)O)CN(C(=O)NCc2csc(-c3ccccc3)n2)C1. The number of benzene rings is 1. The summed E-state index contributed by atoms with van der Waals surface area (Å²) in [6.45, 7) is 3.16. The van der Waals surface area contributed by atoms with Crippen LogP contribution in [-0.2, 0) is 11.3 Å². The number of hydrogen-bond donors (Lipinski definition) is 2. The summed E-state index contributed by atoms with van der Waals surface area (Å²) in [4.78, 5) is 29.7. The molecule has 2 atom stereocenters. The smallest absolute Gasteiger partial charge is 0.317 e. The van der Waals surface area contributed by atoms with E-state index in [1.165, 1.54) is 0 Å².